The lowest BCUT2D eigenvalue weighted by Crippen LogP contribution is -2.28. The highest BCUT2D eigenvalue weighted by Crippen LogP contribution is 2.20. The Hall–Kier alpha value is -1.30. The molecule has 0 atom stereocenters. The van der Waals surface area contributed by atoms with Crippen LogP contribution in [0.25, 0.3) is 0 Å². The quantitative estimate of drug-likeness (QED) is 0.782. The van der Waals surface area contributed by atoms with Crippen molar-refractivity contribution in [1.29, 1.82) is 0 Å². The first-order valence-electron chi connectivity index (χ1n) is 5.05. The maximum absolute atomic E-state index is 11.6. The first-order chi connectivity index (χ1) is 7.51. The van der Waals surface area contributed by atoms with Crippen molar-refractivity contribution in [2.45, 2.75) is 13.8 Å². The second-order valence-corrected chi connectivity index (χ2v) is 5.47. The summed E-state index contributed by atoms with van der Waals surface area (Å²) in [5.74, 6) is 0.626. The molecule has 6 heteroatoms. The van der Waals surface area contributed by atoms with E-state index in [2.05, 4.69) is 4.98 Å². The molecular weight excluding hydrogens is 228 g/mol. The van der Waals surface area contributed by atoms with Crippen LogP contribution >= 0.6 is 0 Å². The molecule has 0 unspecified atom stereocenters. The molecule has 0 N–H and O–H groups in total. The van der Waals surface area contributed by atoms with E-state index in [0.29, 0.717) is 18.0 Å². The number of rotatable bonds is 5. The number of hydrogen-bond acceptors (Lipinski definition) is 4. The van der Waals surface area contributed by atoms with Gasteiger partial charge in [0.05, 0.1) is 30.4 Å². The molecule has 0 aliphatic carbocycles. The molecule has 1 heterocycles. The Morgan fingerprint density at radius 3 is 2.62 bits per heavy atom. The summed E-state index contributed by atoms with van der Waals surface area (Å²) < 4.78 is 29.7. The molecule has 90 valence electrons. The predicted octanol–water partition coefficient (Wildman–Crippen LogP) is 1.27. The zero-order valence-corrected chi connectivity index (χ0v) is 10.5. The monoisotopic (exact) mass is 244 g/mol. The van der Waals surface area contributed by atoms with Gasteiger partial charge < -0.3 is 4.74 Å². The fourth-order valence-electron chi connectivity index (χ4n) is 1.18. The number of nitrogens with zero attached hydrogens (tertiary/aromatic N) is 2. The lowest BCUT2D eigenvalue weighted by molar-refractivity contribution is 0.339. The molecule has 0 aliphatic rings. The van der Waals surface area contributed by atoms with Gasteiger partial charge in [0.2, 0.25) is 10.0 Å². The van der Waals surface area contributed by atoms with Gasteiger partial charge in [-0.3, -0.25) is 9.29 Å². The van der Waals surface area contributed by atoms with Gasteiger partial charge in [-0.25, -0.2) is 8.42 Å². The van der Waals surface area contributed by atoms with E-state index in [0.717, 1.165) is 0 Å². The number of aromatic nitrogens is 1. The second kappa shape index (κ2) is 5.16. The average Bonchev–Trinajstić information content (AvgIpc) is 2.29. The standard InChI is InChI=1S/C10H16N2O3S/c1-4-15-10-6-9(7-11-8-10)12(3)16(13,14)5-2/h6-8H,4-5H2,1-3H3. The summed E-state index contributed by atoms with van der Waals surface area (Å²) >= 11 is 0. The number of sulfonamides is 1. The second-order valence-electron chi connectivity index (χ2n) is 3.18. The van der Waals surface area contributed by atoms with Crippen LogP contribution in [0.3, 0.4) is 0 Å². The Kier molecular flexibility index (Phi) is 4.12. The Bertz CT molecular complexity index is 445. The summed E-state index contributed by atoms with van der Waals surface area (Å²) in [4.78, 5) is 3.94. The van der Waals surface area contributed by atoms with Gasteiger partial charge in [0.25, 0.3) is 0 Å². The van der Waals surface area contributed by atoms with Crippen LogP contribution in [0.2, 0.25) is 0 Å². The minimum absolute atomic E-state index is 0.0579. The average molecular weight is 244 g/mol. The summed E-state index contributed by atoms with van der Waals surface area (Å²) in [7, 11) is -1.74. The number of pyridine rings is 1. The van der Waals surface area contributed by atoms with E-state index in [9.17, 15) is 8.42 Å². The van der Waals surface area contributed by atoms with Crippen molar-refractivity contribution >= 4 is 15.7 Å². The van der Waals surface area contributed by atoms with Crippen molar-refractivity contribution in [1.82, 2.24) is 4.98 Å². The van der Waals surface area contributed by atoms with Crippen LogP contribution < -0.4 is 9.04 Å². The highest BCUT2D eigenvalue weighted by molar-refractivity contribution is 7.92. The first-order valence-corrected chi connectivity index (χ1v) is 6.66. The lowest BCUT2D eigenvalue weighted by atomic mass is 10.4. The molecule has 0 saturated heterocycles. The summed E-state index contributed by atoms with van der Waals surface area (Å²) in [5, 5.41) is 0. The number of ether oxygens (including phenoxy) is 1. The third-order valence-electron chi connectivity index (χ3n) is 2.16. The molecule has 0 radical (unpaired) electrons. The zero-order chi connectivity index (χ0) is 12.2. The molecule has 0 fully saturated rings. The molecule has 0 aromatic carbocycles. The molecule has 0 amide bonds. The van der Waals surface area contributed by atoms with E-state index in [1.807, 2.05) is 6.92 Å². The van der Waals surface area contributed by atoms with E-state index in [1.54, 1.807) is 19.2 Å². The maximum atomic E-state index is 11.6. The van der Waals surface area contributed by atoms with Crippen molar-refractivity contribution in [2.75, 3.05) is 23.7 Å². The summed E-state index contributed by atoms with van der Waals surface area (Å²) in [5.41, 5.74) is 0.507. The van der Waals surface area contributed by atoms with E-state index in [-0.39, 0.29) is 5.75 Å². The third-order valence-corrected chi connectivity index (χ3v) is 3.93. The maximum Gasteiger partial charge on any atom is 0.234 e. The molecule has 1 aromatic rings. The molecule has 0 bridgehead atoms. The molecule has 0 saturated carbocycles. The third kappa shape index (κ3) is 2.85. The molecule has 1 aromatic heterocycles. The van der Waals surface area contributed by atoms with Crippen molar-refractivity contribution in [3.63, 3.8) is 0 Å². The van der Waals surface area contributed by atoms with Gasteiger partial charge in [0.15, 0.2) is 0 Å². The van der Waals surface area contributed by atoms with Crippen LogP contribution in [0.1, 0.15) is 13.8 Å². The fraction of sp³-hybridized carbons (Fsp3) is 0.500. The number of anilines is 1. The fourth-order valence-corrected chi connectivity index (χ4v) is 1.99. The normalized spacial score (nSPS) is 11.2. The summed E-state index contributed by atoms with van der Waals surface area (Å²) in [6.45, 7) is 3.99. The van der Waals surface area contributed by atoms with Crippen molar-refractivity contribution in [2.24, 2.45) is 0 Å². The highest BCUT2D eigenvalue weighted by atomic mass is 32.2. The van der Waals surface area contributed by atoms with E-state index < -0.39 is 10.0 Å². The molecular formula is C10H16N2O3S. The van der Waals surface area contributed by atoms with Gasteiger partial charge in [-0.15, -0.1) is 0 Å². The Morgan fingerprint density at radius 1 is 1.38 bits per heavy atom. The Balaban J connectivity index is 3.00. The Labute approximate surface area is 96.1 Å². The van der Waals surface area contributed by atoms with Crippen LogP contribution in [-0.4, -0.2) is 32.8 Å². The summed E-state index contributed by atoms with van der Waals surface area (Å²) in [6, 6.07) is 1.66. The molecule has 0 spiro atoms. The van der Waals surface area contributed by atoms with E-state index in [1.165, 1.54) is 17.5 Å². The van der Waals surface area contributed by atoms with Gasteiger partial charge in [-0.2, -0.15) is 0 Å². The highest BCUT2D eigenvalue weighted by Gasteiger charge is 2.16. The minimum atomic E-state index is -3.25. The zero-order valence-electron chi connectivity index (χ0n) is 9.67. The summed E-state index contributed by atoms with van der Waals surface area (Å²) in [6.07, 6.45) is 3.05. The van der Waals surface area contributed by atoms with Crippen LogP contribution in [0.5, 0.6) is 5.75 Å². The van der Waals surface area contributed by atoms with E-state index >= 15 is 0 Å². The molecule has 5 nitrogen and oxygen atoms in total. The Morgan fingerprint density at radius 2 is 2.06 bits per heavy atom. The topological polar surface area (TPSA) is 59.5 Å². The van der Waals surface area contributed by atoms with Gasteiger partial charge in [0.1, 0.15) is 5.75 Å². The van der Waals surface area contributed by atoms with Crippen molar-refractivity contribution < 1.29 is 13.2 Å². The molecule has 1 rings (SSSR count). The molecule has 0 aliphatic heterocycles. The van der Waals surface area contributed by atoms with Crippen molar-refractivity contribution in [3.05, 3.63) is 18.5 Å². The van der Waals surface area contributed by atoms with Crippen LogP contribution in [0, 0.1) is 0 Å². The lowest BCUT2D eigenvalue weighted by Gasteiger charge is -2.18. The first kappa shape index (κ1) is 12.8. The van der Waals surface area contributed by atoms with Gasteiger partial charge in [-0.1, -0.05) is 0 Å². The smallest absolute Gasteiger partial charge is 0.234 e. The van der Waals surface area contributed by atoms with Crippen LogP contribution in [0.15, 0.2) is 18.5 Å². The molecule has 16 heavy (non-hydrogen) atoms. The van der Waals surface area contributed by atoms with Crippen LogP contribution in [0.4, 0.5) is 5.69 Å². The largest absolute Gasteiger partial charge is 0.492 e. The SMILES string of the molecule is CCOc1cncc(N(C)S(=O)(=O)CC)c1. The van der Waals surface area contributed by atoms with Crippen molar-refractivity contribution in [3.8, 4) is 5.75 Å². The predicted molar refractivity (Wildman–Crippen MR) is 63.3 cm³/mol. The van der Waals surface area contributed by atoms with Crippen LogP contribution in [-0.2, 0) is 10.0 Å². The van der Waals surface area contributed by atoms with Gasteiger partial charge in [-0.05, 0) is 13.8 Å². The minimum Gasteiger partial charge on any atom is -0.492 e. The van der Waals surface area contributed by atoms with E-state index in [4.69, 9.17) is 4.74 Å². The number of hydrogen-bond donors (Lipinski definition) is 0. The van der Waals surface area contributed by atoms with Gasteiger partial charge >= 0.3 is 0 Å². The van der Waals surface area contributed by atoms with Gasteiger partial charge in [0, 0.05) is 13.1 Å².